The number of benzene rings is 1. The fraction of sp³-hybridized carbons (Fsp3) is 0.182. The third-order valence-electron chi connectivity index (χ3n) is 1.93. The zero-order chi connectivity index (χ0) is 12.1. The number of carboxylic acid groups (broad SMARTS) is 1. The monoisotopic (exact) mass is 240 g/mol. The largest absolute Gasteiger partial charge is 0.481 e. The number of carbonyl (C=O) groups excluding carboxylic acids is 2. The van der Waals surface area contributed by atoms with E-state index in [0.717, 1.165) is 0 Å². The first-order valence-electron chi connectivity index (χ1n) is 4.55. The van der Waals surface area contributed by atoms with E-state index in [1.54, 1.807) is 0 Å². The maximum absolute atomic E-state index is 11.5. The highest BCUT2D eigenvalue weighted by molar-refractivity contribution is 6.44. The minimum atomic E-state index is -1.10. The lowest BCUT2D eigenvalue weighted by Gasteiger charge is -1.99. The Morgan fingerprint density at radius 2 is 1.62 bits per heavy atom. The number of ketones is 2. The normalized spacial score (nSPS) is 9.81. The molecule has 0 bridgehead atoms. The number of rotatable bonds is 5. The molecule has 0 amide bonds. The Labute approximate surface area is 96.8 Å². The van der Waals surface area contributed by atoms with Crippen LogP contribution in [-0.4, -0.2) is 22.6 Å². The zero-order valence-electron chi connectivity index (χ0n) is 8.27. The van der Waals surface area contributed by atoms with Gasteiger partial charge in [0.25, 0.3) is 0 Å². The van der Waals surface area contributed by atoms with Crippen LogP contribution in [0, 0.1) is 0 Å². The second kappa shape index (κ2) is 5.42. The minimum absolute atomic E-state index is 0.222. The van der Waals surface area contributed by atoms with Crippen molar-refractivity contribution in [3.8, 4) is 0 Å². The Balaban J connectivity index is 2.67. The molecule has 0 saturated heterocycles. The molecule has 1 N–H and O–H groups in total. The van der Waals surface area contributed by atoms with E-state index in [0.29, 0.717) is 5.02 Å². The summed E-state index contributed by atoms with van der Waals surface area (Å²) in [7, 11) is 0. The molecule has 0 radical (unpaired) electrons. The Hall–Kier alpha value is -1.68. The van der Waals surface area contributed by atoms with Crippen LogP contribution in [0.15, 0.2) is 24.3 Å². The molecule has 0 aromatic heterocycles. The summed E-state index contributed by atoms with van der Waals surface area (Å²) in [5.41, 5.74) is 0.222. The Kier molecular flexibility index (Phi) is 4.19. The van der Waals surface area contributed by atoms with E-state index in [-0.39, 0.29) is 18.4 Å². The Bertz CT molecular complexity index is 422. The Morgan fingerprint density at radius 3 is 2.12 bits per heavy atom. The summed E-state index contributed by atoms with van der Waals surface area (Å²) in [6, 6.07) is 5.87. The van der Waals surface area contributed by atoms with Crippen LogP contribution < -0.4 is 0 Å². The molecule has 0 heterocycles. The lowest BCUT2D eigenvalue weighted by Crippen LogP contribution is -2.15. The number of hydrogen-bond donors (Lipinski definition) is 1. The summed E-state index contributed by atoms with van der Waals surface area (Å²) < 4.78 is 0. The van der Waals surface area contributed by atoms with Crippen molar-refractivity contribution in [2.45, 2.75) is 12.8 Å². The minimum Gasteiger partial charge on any atom is -0.481 e. The molecule has 0 aliphatic carbocycles. The SMILES string of the molecule is O=C(O)CCC(=O)C(=O)c1ccc(Cl)cc1. The van der Waals surface area contributed by atoms with Crippen LogP contribution in [0.3, 0.4) is 0 Å². The maximum Gasteiger partial charge on any atom is 0.303 e. The highest BCUT2D eigenvalue weighted by Gasteiger charge is 2.16. The molecule has 16 heavy (non-hydrogen) atoms. The van der Waals surface area contributed by atoms with Gasteiger partial charge in [-0.15, -0.1) is 0 Å². The van der Waals surface area contributed by atoms with Gasteiger partial charge in [0.15, 0.2) is 0 Å². The Morgan fingerprint density at radius 1 is 1.06 bits per heavy atom. The van der Waals surface area contributed by atoms with Gasteiger partial charge in [0.05, 0.1) is 6.42 Å². The van der Waals surface area contributed by atoms with Crippen LogP contribution in [-0.2, 0) is 9.59 Å². The quantitative estimate of drug-likeness (QED) is 0.631. The lowest BCUT2D eigenvalue weighted by molar-refractivity contribution is -0.138. The number of carboxylic acids is 1. The fourth-order valence-electron chi connectivity index (χ4n) is 1.10. The summed E-state index contributed by atoms with van der Waals surface area (Å²) in [6.45, 7) is 0. The summed E-state index contributed by atoms with van der Waals surface area (Å²) in [4.78, 5) is 33.0. The van der Waals surface area contributed by atoms with Crippen molar-refractivity contribution in [1.29, 1.82) is 0 Å². The number of aliphatic carboxylic acids is 1. The van der Waals surface area contributed by atoms with E-state index in [1.165, 1.54) is 24.3 Å². The average molecular weight is 241 g/mol. The van der Waals surface area contributed by atoms with Gasteiger partial charge >= 0.3 is 5.97 Å². The lowest BCUT2D eigenvalue weighted by atomic mass is 10.0. The number of halogens is 1. The van der Waals surface area contributed by atoms with Gasteiger partial charge in [0, 0.05) is 17.0 Å². The van der Waals surface area contributed by atoms with Gasteiger partial charge in [-0.3, -0.25) is 14.4 Å². The number of carbonyl (C=O) groups is 3. The molecule has 0 saturated carbocycles. The van der Waals surface area contributed by atoms with Gasteiger partial charge < -0.3 is 5.11 Å². The molecule has 0 unspecified atom stereocenters. The van der Waals surface area contributed by atoms with Gasteiger partial charge in [-0.2, -0.15) is 0 Å². The third-order valence-corrected chi connectivity index (χ3v) is 2.18. The van der Waals surface area contributed by atoms with E-state index in [2.05, 4.69) is 0 Å². The van der Waals surface area contributed by atoms with Gasteiger partial charge in [-0.1, -0.05) is 11.6 Å². The molecule has 1 aromatic rings. The van der Waals surface area contributed by atoms with E-state index in [9.17, 15) is 14.4 Å². The van der Waals surface area contributed by atoms with Crippen LogP contribution in [0.4, 0.5) is 0 Å². The third kappa shape index (κ3) is 3.47. The van der Waals surface area contributed by atoms with Gasteiger partial charge in [-0.05, 0) is 24.3 Å². The van der Waals surface area contributed by atoms with Crippen molar-refractivity contribution in [1.82, 2.24) is 0 Å². The average Bonchev–Trinajstić information content (AvgIpc) is 2.26. The summed E-state index contributed by atoms with van der Waals surface area (Å²) in [6.07, 6.45) is -0.616. The molecule has 84 valence electrons. The second-order valence-corrected chi connectivity index (χ2v) is 3.59. The van der Waals surface area contributed by atoms with E-state index in [4.69, 9.17) is 16.7 Å². The summed E-state index contributed by atoms with van der Waals surface area (Å²) >= 11 is 5.62. The topological polar surface area (TPSA) is 71.4 Å². The standard InChI is InChI=1S/C11H9ClO4/c12-8-3-1-7(2-4-8)11(16)9(13)5-6-10(14)15/h1-4H,5-6H2,(H,14,15). The zero-order valence-corrected chi connectivity index (χ0v) is 9.03. The molecule has 1 rings (SSSR count). The molecule has 0 aliphatic rings. The number of hydrogen-bond acceptors (Lipinski definition) is 3. The van der Waals surface area contributed by atoms with Crippen LogP contribution in [0.25, 0.3) is 0 Å². The molecular weight excluding hydrogens is 232 g/mol. The number of Topliss-reactive ketones (excluding diaryl/α,β-unsaturated/α-hetero) is 2. The molecule has 0 spiro atoms. The highest BCUT2D eigenvalue weighted by Crippen LogP contribution is 2.11. The molecule has 1 aromatic carbocycles. The van der Waals surface area contributed by atoms with Crippen molar-refractivity contribution in [2.75, 3.05) is 0 Å². The second-order valence-electron chi connectivity index (χ2n) is 3.15. The molecule has 4 nitrogen and oxygen atoms in total. The molecule has 0 aliphatic heterocycles. The van der Waals surface area contributed by atoms with Crippen molar-refractivity contribution in [3.05, 3.63) is 34.9 Å². The molecule has 5 heteroatoms. The van der Waals surface area contributed by atoms with Crippen molar-refractivity contribution >= 4 is 29.1 Å². The van der Waals surface area contributed by atoms with Crippen molar-refractivity contribution < 1.29 is 19.5 Å². The van der Waals surface area contributed by atoms with Crippen LogP contribution >= 0.6 is 11.6 Å². The summed E-state index contributed by atoms with van der Waals surface area (Å²) in [5.74, 6) is -2.49. The summed E-state index contributed by atoms with van der Waals surface area (Å²) in [5, 5.41) is 8.84. The van der Waals surface area contributed by atoms with Crippen LogP contribution in [0.1, 0.15) is 23.2 Å². The van der Waals surface area contributed by atoms with Gasteiger partial charge in [0.2, 0.25) is 11.6 Å². The first-order valence-corrected chi connectivity index (χ1v) is 4.93. The van der Waals surface area contributed by atoms with Gasteiger partial charge in [-0.25, -0.2) is 0 Å². The first-order chi connectivity index (χ1) is 7.50. The van der Waals surface area contributed by atoms with Crippen molar-refractivity contribution in [2.24, 2.45) is 0 Å². The van der Waals surface area contributed by atoms with E-state index in [1.807, 2.05) is 0 Å². The predicted octanol–water partition coefficient (Wildman–Crippen LogP) is 1.96. The van der Waals surface area contributed by atoms with Crippen LogP contribution in [0.5, 0.6) is 0 Å². The molecule has 0 fully saturated rings. The van der Waals surface area contributed by atoms with Gasteiger partial charge in [0.1, 0.15) is 0 Å². The fourth-order valence-corrected chi connectivity index (χ4v) is 1.22. The van der Waals surface area contributed by atoms with Crippen molar-refractivity contribution in [3.63, 3.8) is 0 Å². The maximum atomic E-state index is 11.5. The predicted molar refractivity (Wildman–Crippen MR) is 57.7 cm³/mol. The van der Waals surface area contributed by atoms with E-state index < -0.39 is 17.5 Å². The molecular formula is C11H9ClO4. The molecule has 0 atom stereocenters. The smallest absolute Gasteiger partial charge is 0.303 e. The van der Waals surface area contributed by atoms with E-state index >= 15 is 0 Å². The highest BCUT2D eigenvalue weighted by atomic mass is 35.5. The first kappa shape index (κ1) is 12.4. The van der Waals surface area contributed by atoms with Crippen LogP contribution in [0.2, 0.25) is 5.02 Å².